The number of hydrogen-bond donors (Lipinski definition) is 4. The number of aliphatic carboxylic acids is 1. The Morgan fingerprint density at radius 1 is 1.20 bits per heavy atom. The Bertz CT molecular complexity index is 1330. The predicted octanol–water partition coefficient (Wildman–Crippen LogP) is 4.57. The van der Waals surface area contributed by atoms with Gasteiger partial charge in [0.2, 0.25) is 0 Å². The smallest absolute Gasteiger partial charge is 0.326 e. The molecule has 0 saturated carbocycles. The summed E-state index contributed by atoms with van der Waals surface area (Å²) in [4.78, 5) is 24.4. The van der Waals surface area contributed by atoms with E-state index in [9.17, 15) is 33.3 Å². The van der Waals surface area contributed by atoms with Crippen molar-refractivity contribution in [3.63, 3.8) is 0 Å². The molecule has 0 fully saturated rings. The van der Waals surface area contributed by atoms with Crippen LogP contribution >= 0.6 is 15.9 Å². The van der Waals surface area contributed by atoms with Gasteiger partial charge in [-0.1, -0.05) is 51.8 Å². The number of benzene rings is 2. The zero-order valence-corrected chi connectivity index (χ0v) is 25.4. The highest BCUT2D eigenvalue weighted by Gasteiger charge is 2.48. The minimum Gasteiger partial charge on any atom is -0.508 e. The Morgan fingerprint density at radius 2 is 1.90 bits per heavy atom. The van der Waals surface area contributed by atoms with Crippen molar-refractivity contribution in [1.82, 2.24) is 5.32 Å². The van der Waals surface area contributed by atoms with Crippen LogP contribution in [0.1, 0.15) is 69.9 Å². The molecule has 1 aliphatic heterocycles. The molecule has 4 atom stereocenters. The second-order valence-electron chi connectivity index (χ2n) is 10.4. The van der Waals surface area contributed by atoms with Gasteiger partial charge in [-0.05, 0) is 58.5 Å². The number of halogens is 1. The van der Waals surface area contributed by atoms with Crippen LogP contribution in [-0.2, 0) is 25.8 Å². The van der Waals surface area contributed by atoms with Crippen molar-refractivity contribution >= 4 is 37.6 Å². The number of carbonyl (C=O) groups is 2. The summed E-state index contributed by atoms with van der Waals surface area (Å²) in [6, 6.07) is 7.98. The molecule has 0 unspecified atom stereocenters. The number of sulfone groups is 1. The lowest BCUT2D eigenvalue weighted by Crippen LogP contribution is -2.44. The van der Waals surface area contributed by atoms with Crippen molar-refractivity contribution in [1.29, 1.82) is 0 Å². The second-order valence-corrected chi connectivity index (χ2v) is 13.3. The van der Waals surface area contributed by atoms with Crippen molar-refractivity contribution in [3.05, 3.63) is 52.0 Å². The zero-order chi connectivity index (χ0) is 29.7. The van der Waals surface area contributed by atoms with E-state index in [1.54, 1.807) is 24.3 Å². The Morgan fingerprint density at radius 3 is 2.50 bits per heavy atom. The van der Waals surface area contributed by atoms with Gasteiger partial charge in [0.15, 0.2) is 16.4 Å². The molecule has 0 bridgehead atoms. The normalized spacial score (nSPS) is 22.5. The van der Waals surface area contributed by atoms with Crippen LogP contribution in [0.25, 0.3) is 0 Å². The molecule has 220 valence electrons. The molecule has 9 nitrogen and oxygen atoms in total. The van der Waals surface area contributed by atoms with E-state index < -0.39 is 51.8 Å². The van der Waals surface area contributed by atoms with Crippen LogP contribution in [0, 0.1) is 5.41 Å². The maximum Gasteiger partial charge on any atom is 0.326 e. The van der Waals surface area contributed by atoms with E-state index in [0.29, 0.717) is 34.9 Å². The molecule has 0 spiro atoms. The van der Waals surface area contributed by atoms with Crippen LogP contribution in [-0.4, -0.2) is 60.1 Å². The molecular weight excluding hydrogens is 602 g/mol. The standard InChI is InChI=1S/C29H38BrNO8S/c1-4-7-12-29(6-3)17-40(37,38)25-15-24(21(30)14-20(25)19(5-2)27(29)34)39-16-26(33)31-22(28(35)36)13-18-10-8-9-11-23(18)32/h8-11,14-15,19,22,27,32,34H,4-7,12-13,16-17H2,1-3H3,(H,31,33)(H,35,36)/t19-,22-,27-,29-/m1/s1. The third-order valence-electron chi connectivity index (χ3n) is 7.86. The van der Waals surface area contributed by atoms with E-state index in [2.05, 4.69) is 21.2 Å². The van der Waals surface area contributed by atoms with Gasteiger partial charge >= 0.3 is 5.97 Å². The minimum absolute atomic E-state index is 0.0757. The Hall–Kier alpha value is -2.63. The van der Waals surface area contributed by atoms with Crippen molar-refractivity contribution in [2.45, 2.75) is 82.3 Å². The highest BCUT2D eigenvalue weighted by molar-refractivity contribution is 9.10. The van der Waals surface area contributed by atoms with Crippen molar-refractivity contribution in [2.75, 3.05) is 12.4 Å². The molecule has 1 amide bonds. The van der Waals surface area contributed by atoms with E-state index in [1.165, 1.54) is 12.1 Å². The Kier molecular flexibility index (Phi) is 10.6. The van der Waals surface area contributed by atoms with Gasteiger partial charge in [0.25, 0.3) is 5.91 Å². The van der Waals surface area contributed by atoms with Gasteiger partial charge < -0.3 is 25.4 Å². The highest BCUT2D eigenvalue weighted by Crippen LogP contribution is 2.49. The number of ether oxygens (including phenoxy) is 1. The average Bonchev–Trinajstić information content (AvgIpc) is 2.97. The minimum atomic E-state index is -3.81. The fraction of sp³-hybridized carbons (Fsp3) is 0.517. The van der Waals surface area contributed by atoms with Gasteiger partial charge in [-0.3, -0.25) is 4.79 Å². The number of carboxylic acid groups (broad SMARTS) is 1. The predicted molar refractivity (Wildman–Crippen MR) is 154 cm³/mol. The lowest BCUT2D eigenvalue weighted by Gasteiger charge is -2.39. The molecular formula is C29H38BrNO8S. The number of phenols is 1. The monoisotopic (exact) mass is 639 g/mol. The summed E-state index contributed by atoms with van der Waals surface area (Å²) >= 11 is 3.42. The fourth-order valence-corrected chi connectivity index (χ4v) is 8.28. The van der Waals surface area contributed by atoms with Crippen molar-refractivity contribution in [3.8, 4) is 11.5 Å². The summed E-state index contributed by atoms with van der Waals surface area (Å²) in [5.41, 5.74) is 0.102. The number of carboxylic acids is 1. The first-order valence-corrected chi connectivity index (χ1v) is 16.0. The van der Waals surface area contributed by atoms with Gasteiger partial charge in [-0.15, -0.1) is 0 Å². The summed E-state index contributed by atoms with van der Waals surface area (Å²) in [5, 5.41) is 33.4. The summed E-state index contributed by atoms with van der Waals surface area (Å²) in [6.45, 7) is 5.32. The molecule has 11 heteroatoms. The number of aliphatic hydroxyl groups is 1. The number of nitrogens with one attached hydrogen (secondary N) is 1. The van der Waals surface area contributed by atoms with Crippen LogP contribution in [0.2, 0.25) is 0 Å². The number of para-hydroxylation sites is 1. The summed E-state index contributed by atoms with van der Waals surface area (Å²) < 4.78 is 33.5. The van der Waals surface area contributed by atoms with E-state index >= 15 is 0 Å². The maximum absolute atomic E-state index is 13.7. The number of unbranched alkanes of at least 4 members (excludes halogenated alkanes) is 1. The summed E-state index contributed by atoms with van der Waals surface area (Å²) in [7, 11) is -3.81. The molecule has 2 aromatic rings. The Labute approximate surface area is 244 Å². The van der Waals surface area contributed by atoms with Gasteiger partial charge in [0.1, 0.15) is 17.5 Å². The number of amides is 1. The molecule has 40 heavy (non-hydrogen) atoms. The summed E-state index contributed by atoms with van der Waals surface area (Å²) in [6.07, 6.45) is 2.38. The SMILES string of the molecule is CCCC[C@]1(CC)CS(=O)(=O)c2cc(OCC(=O)N[C@H](Cc3ccccc3O)C(=O)O)c(Br)cc2[C@@H](CC)[C@H]1O. The quantitative estimate of drug-likeness (QED) is 0.264. The molecule has 0 radical (unpaired) electrons. The van der Waals surface area contributed by atoms with Crippen LogP contribution < -0.4 is 10.1 Å². The van der Waals surface area contributed by atoms with Crippen molar-refractivity contribution in [2.24, 2.45) is 5.41 Å². The maximum atomic E-state index is 13.7. The first-order chi connectivity index (χ1) is 18.9. The van der Waals surface area contributed by atoms with E-state index in [4.69, 9.17) is 4.74 Å². The van der Waals surface area contributed by atoms with Crippen LogP contribution in [0.3, 0.4) is 0 Å². The molecule has 1 heterocycles. The molecule has 0 saturated heterocycles. The fourth-order valence-electron chi connectivity index (χ4n) is 5.52. The van der Waals surface area contributed by atoms with Crippen LogP contribution in [0.15, 0.2) is 45.8 Å². The average molecular weight is 641 g/mol. The second kappa shape index (κ2) is 13.4. The molecule has 0 aliphatic carbocycles. The first kappa shape index (κ1) is 31.9. The summed E-state index contributed by atoms with van der Waals surface area (Å²) in [5.74, 6) is -2.54. The Balaban J connectivity index is 1.85. The highest BCUT2D eigenvalue weighted by atomic mass is 79.9. The first-order valence-electron chi connectivity index (χ1n) is 13.5. The van der Waals surface area contributed by atoms with Crippen molar-refractivity contribution < 1.29 is 38.1 Å². The van der Waals surface area contributed by atoms with Gasteiger partial charge in [-0.2, -0.15) is 0 Å². The molecule has 1 aliphatic rings. The zero-order valence-electron chi connectivity index (χ0n) is 23.0. The topological polar surface area (TPSA) is 150 Å². The number of phenolic OH excluding ortho intramolecular Hbond substituents is 1. The van der Waals surface area contributed by atoms with E-state index in [-0.39, 0.29) is 28.6 Å². The van der Waals surface area contributed by atoms with Gasteiger partial charge in [0.05, 0.1) is 21.2 Å². The number of hydrogen-bond acceptors (Lipinski definition) is 7. The molecule has 4 N–H and O–H groups in total. The van der Waals surface area contributed by atoms with Gasteiger partial charge in [-0.25, -0.2) is 13.2 Å². The third-order valence-corrected chi connectivity index (χ3v) is 10.5. The van der Waals surface area contributed by atoms with E-state index in [1.807, 2.05) is 20.8 Å². The lowest BCUT2D eigenvalue weighted by molar-refractivity contribution is -0.142. The molecule has 0 aromatic heterocycles. The molecule has 3 rings (SSSR count). The number of carbonyl (C=O) groups excluding carboxylic acids is 1. The van der Waals surface area contributed by atoms with E-state index in [0.717, 1.165) is 12.8 Å². The number of rotatable bonds is 12. The third kappa shape index (κ3) is 6.98. The van der Waals surface area contributed by atoms with Gasteiger partial charge in [0, 0.05) is 23.8 Å². The lowest BCUT2D eigenvalue weighted by atomic mass is 9.70. The van der Waals surface area contributed by atoms with Crippen LogP contribution in [0.4, 0.5) is 0 Å². The molecule has 2 aromatic carbocycles. The number of aliphatic hydroxyl groups excluding tert-OH is 1. The van der Waals surface area contributed by atoms with Crippen LogP contribution in [0.5, 0.6) is 11.5 Å². The number of fused-ring (bicyclic) bond motifs is 1. The largest absolute Gasteiger partial charge is 0.508 e. The number of aromatic hydroxyl groups is 1.